The molecule has 1 atom stereocenters. The maximum Gasteiger partial charge on any atom is 0.254 e. The van der Waals surface area contributed by atoms with Crippen LogP contribution in [0.5, 0.6) is 0 Å². The summed E-state index contributed by atoms with van der Waals surface area (Å²) in [5.41, 5.74) is 3.45. The van der Waals surface area contributed by atoms with Gasteiger partial charge in [-0.3, -0.25) is 4.79 Å². The van der Waals surface area contributed by atoms with E-state index in [9.17, 15) is 4.79 Å². The van der Waals surface area contributed by atoms with Crippen LogP contribution in [-0.4, -0.2) is 34.8 Å². The van der Waals surface area contributed by atoms with Gasteiger partial charge in [-0.1, -0.05) is 38.5 Å². The summed E-state index contributed by atoms with van der Waals surface area (Å²) in [5.74, 6) is -0.0445. The fraction of sp³-hybridized carbons (Fsp3) is 0.500. The molecular formula is C20H28N4O. The van der Waals surface area contributed by atoms with Crippen molar-refractivity contribution in [1.82, 2.24) is 20.4 Å². The number of aryl methyl sites for hydroxylation is 1. The SMILES string of the molecule is Cc1ccc(-n2cc(C(=O)NCC3CCCN3)c(C(C)(C)C)n2)cc1. The molecule has 5 heteroatoms. The van der Waals surface area contributed by atoms with Crippen LogP contribution in [0.15, 0.2) is 30.5 Å². The third kappa shape index (κ3) is 4.10. The zero-order valence-corrected chi connectivity index (χ0v) is 15.6. The number of rotatable bonds is 4. The van der Waals surface area contributed by atoms with Crippen molar-refractivity contribution in [2.24, 2.45) is 0 Å². The number of benzene rings is 1. The minimum atomic E-state index is -0.200. The fourth-order valence-corrected chi connectivity index (χ4v) is 3.17. The van der Waals surface area contributed by atoms with Gasteiger partial charge in [-0.2, -0.15) is 5.10 Å². The molecular weight excluding hydrogens is 312 g/mol. The molecule has 1 fully saturated rings. The molecule has 2 N–H and O–H groups in total. The normalized spacial score (nSPS) is 17.7. The van der Waals surface area contributed by atoms with Gasteiger partial charge in [0.1, 0.15) is 0 Å². The quantitative estimate of drug-likeness (QED) is 0.900. The van der Waals surface area contributed by atoms with E-state index in [1.54, 1.807) is 0 Å². The lowest BCUT2D eigenvalue weighted by Crippen LogP contribution is -2.37. The Bertz CT molecular complexity index is 734. The van der Waals surface area contributed by atoms with Crippen LogP contribution in [0.4, 0.5) is 0 Å². The molecule has 1 amide bonds. The predicted molar refractivity (Wildman–Crippen MR) is 100 cm³/mol. The highest BCUT2D eigenvalue weighted by molar-refractivity contribution is 5.95. The molecule has 2 aromatic rings. The first kappa shape index (κ1) is 17.7. The minimum Gasteiger partial charge on any atom is -0.350 e. The summed E-state index contributed by atoms with van der Waals surface area (Å²) in [6.45, 7) is 10.0. The van der Waals surface area contributed by atoms with E-state index in [0.29, 0.717) is 18.2 Å². The van der Waals surface area contributed by atoms with Gasteiger partial charge in [0.05, 0.1) is 16.9 Å². The molecule has 0 saturated carbocycles. The minimum absolute atomic E-state index is 0.0445. The van der Waals surface area contributed by atoms with Crippen molar-refractivity contribution in [3.05, 3.63) is 47.3 Å². The summed E-state index contributed by atoms with van der Waals surface area (Å²) >= 11 is 0. The molecule has 5 nitrogen and oxygen atoms in total. The Morgan fingerprint density at radius 3 is 2.64 bits per heavy atom. The molecule has 134 valence electrons. The van der Waals surface area contributed by atoms with Crippen LogP contribution in [-0.2, 0) is 5.41 Å². The topological polar surface area (TPSA) is 59.0 Å². The Balaban J connectivity index is 1.85. The van der Waals surface area contributed by atoms with Gasteiger partial charge < -0.3 is 10.6 Å². The lowest BCUT2D eigenvalue weighted by molar-refractivity contribution is 0.0948. The molecule has 1 aliphatic rings. The predicted octanol–water partition coefficient (Wildman–Crippen LogP) is 2.96. The maximum absolute atomic E-state index is 12.8. The fourth-order valence-electron chi connectivity index (χ4n) is 3.17. The molecule has 25 heavy (non-hydrogen) atoms. The average Bonchev–Trinajstić information content (AvgIpc) is 3.22. The van der Waals surface area contributed by atoms with E-state index in [0.717, 1.165) is 24.3 Å². The summed E-state index contributed by atoms with van der Waals surface area (Å²) in [4.78, 5) is 12.8. The van der Waals surface area contributed by atoms with Crippen LogP contribution in [0.25, 0.3) is 5.69 Å². The summed E-state index contributed by atoms with van der Waals surface area (Å²) in [5, 5.41) is 11.2. The molecule has 3 rings (SSSR count). The third-order valence-corrected chi connectivity index (χ3v) is 4.64. The van der Waals surface area contributed by atoms with Crippen LogP contribution >= 0.6 is 0 Å². The van der Waals surface area contributed by atoms with Crippen molar-refractivity contribution in [1.29, 1.82) is 0 Å². The third-order valence-electron chi connectivity index (χ3n) is 4.64. The van der Waals surface area contributed by atoms with Crippen molar-refractivity contribution >= 4 is 5.91 Å². The maximum atomic E-state index is 12.8. The molecule has 1 unspecified atom stereocenters. The molecule has 1 saturated heterocycles. The van der Waals surface area contributed by atoms with E-state index in [1.807, 2.05) is 23.0 Å². The molecule has 0 radical (unpaired) electrons. The number of nitrogens with zero attached hydrogens (tertiary/aromatic N) is 2. The first-order valence-electron chi connectivity index (χ1n) is 9.03. The second-order valence-corrected chi connectivity index (χ2v) is 7.92. The van der Waals surface area contributed by atoms with Gasteiger partial charge in [0.2, 0.25) is 0 Å². The molecule has 1 aliphatic heterocycles. The van der Waals surface area contributed by atoms with Crippen LogP contribution in [0, 0.1) is 6.92 Å². The lowest BCUT2D eigenvalue weighted by atomic mass is 9.89. The van der Waals surface area contributed by atoms with Gasteiger partial charge >= 0.3 is 0 Å². The smallest absolute Gasteiger partial charge is 0.254 e. The van der Waals surface area contributed by atoms with E-state index in [1.165, 1.54) is 12.0 Å². The van der Waals surface area contributed by atoms with Crippen molar-refractivity contribution in [2.45, 2.75) is 52.0 Å². The molecule has 0 spiro atoms. The van der Waals surface area contributed by atoms with E-state index < -0.39 is 0 Å². The average molecular weight is 340 g/mol. The number of carbonyl (C=O) groups is 1. The first-order chi connectivity index (χ1) is 11.8. The number of nitrogens with one attached hydrogen (secondary N) is 2. The Kier molecular flexibility index (Phi) is 4.95. The molecule has 1 aromatic heterocycles. The first-order valence-corrected chi connectivity index (χ1v) is 9.03. The highest BCUT2D eigenvalue weighted by Crippen LogP contribution is 2.25. The number of hydrogen-bond donors (Lipinski definition) is 2. The van der Waals surface area contributed by atoms with Gasteiger partial charge in [-0.05, 0) is 38.4 Å². The lowest BCUT2D eigenvalue weighted by Gasteiger charge is -2.18. The Morgan fingerprint density at radius 1 is 1.32 bits per heavy atom. The number of aromatic nitrogens is 2. The molecule has 1 aromatic carbocycles. The largest absolute Gasteiger partial charge is 0.350 e. The molecule has 0 bridgehead atoms. The Morgan fingerprint density at radius 2 is 2.04 bits per heavy atom. The second-order valence-electron chi connectivity index (χ2n) is 7.92. The van der Waals surface area contributed by atoms with E-state index in [4.69, 9.17) is 5.10 Å². The molecule has 0 aliphatic carbocycles. The summed E-state index contributed by atoms with van der Waals surface area (Å²) in [6.07, 6.45) is 4.15. The van der Waals surface area contributed by atoms with Crippen molar-refractivity contribution in [3.8, 4) is 5.69 Å². The summed E-state index contributed by atoms with van der Waals surface area (Å²) in [6, 6.07) is 8.55. The second kappa shape index (κ2) is 7.00. The molecule has 2 heterocycles. The van der Waals surface area contributed by atoms with Crippen molar-refractivity contribution in [3.63, 3.8) is 0 Å². The van der Waals surface area contributed by atoms with E-state index in [2.05, 4.69) is 50.5 Å². The Hall–Kier alpha value is -2.14. The van der Waals surface area contributed by atoms with Gasteiger partial charge in [-0.15, -0.1) is 0 Å². The zero-order chi connectivity index (χ0) is 18.0. The van der Waals surface area contributed by atoms with Gasteiger partial charge in [0.15, 0.2) is 0 Å². The van der Waals surface area contributed by atoms with Gasteiger partial charge in [0, 0.05) is 24.2 Å². The van der Waals surface area contributed by atoms with Crippen molar-refractivity contribution < 1.29 is 4.79 Å². The number of hydrogen-bond acceptors (Lipinski definition) is 3. The highest BCUT2D eigenvalue weighted by atomic mass is 16.1. The van der Waals surface area contributed by atoms with Crippen LogP contribution < -0.4 is 10.6 Å². The van der Waals surface area contributed by atoms with Crippen LogP contribution in [0.1, 0.15) is 55.2 Å². The number of carbonyl (C=O) groups excluding carboxylic acids is 1. The highest BCUT2D eigenvalue weighted by Gasteiger charge is 2.27. The van der Waals surface area contributed by atoms with E-state index >= 15 is 0 Å². The summed E-state index contributed by atoms with van der Waals surface area (Å²) in [7, 11) is 0. The van der Waals surface area contributed by atoms with Gasteiger partial charge in [-0.25, -0.2) is 4.68 Å². The van der Waals surface area contributed by atoms with Gasteiger partial charge in [0.25, 0.3) is 5.91 Å². The zero-order valence-electron chi connectivity index (χ0n) is 15.6. The number of amides is 1. The monoisotopic (exact) mass is 340 g/mol. The Labute approximate surface area is 149 Å². The van der Waals surface area contributed by atoms with Crippen LogP contribution in [0.3, 0.4) is 0 Å². The van der Waals surface area contributed by atoms with Crippen LogP contribution in [0.2, 0.25) is 0 Å². The van der Waals surface area contributed by atoms with Crippen molar-refractivity contribution in [2.75, 3.05) is 13.1 Å². The van der Waals surface area contributed by atoms with E-state index in [-0.39, 0.29) is 11.3 Å². The summed E-state index contributed by atoms with van der Waals surface area (Å²) < 4.78 is 1.81. The standard InChI is InChI=1S/C20H28N4O/c1-14-7-9-16(10-8-14)24-13-17(18(23-24)20(2,3)4)19(25)22-12-15-6-5-11-21-15/h7-10,13,15,21H,5-6,11-12H2,1-4H3,(H,22,25).